The molecule has 1 unspecified atom stereocenters. The Bertz CT molecular complexity index is 601. The lowest BCUT2D eigenvalue weighted by atomic mass is 10.1. The van der Waals surface area contributed by atoms with Gasteiger partial charge >= 0.3 is 0 Å². The van der Waals surface area contributed by atoms with Crippen LogP contribution in [-0.4, -0.2) is 29.2 Å². The van der Waals surface area contributed by atoms with Gasteiger partial charge in [0.1, 0.15) is 11.9 Å². The second-order valence-electron chi connectivity index (χ2n) is 5.09. The molecular weight excluding hydrogens is 275 g/mol. The molecule has 1 N–H and O–H groups in total. The van der Waals surface area contributed by atoms with Gasteiger partial charge in [-0.15, -0.1) is 0 Å². The van der Waals surface area contributed by atoms with E-state index in [1.54, 1.807) is 19.1 Å². The Kier molecular flexibility index (Phi) is 4.35. The molecule has 1 aliphatic heterocycles. The molecule has 0 saturated carbocycles. The van der Waals surface area contributed by atoms with Crippen molar-refractivity contribution in [3.05, 3.63) is 34.6 Å². The largest absolute Gasteiger partial charge is 0.322 e. The number of aryl methyl sites for hydroxylation is 1. The molecule has 0 bridgehead atoms. The van der Waals surface area contributed by atoms with Crippen LogP contribution in [0.3, 0.4) is 0 Å². The fourth-order valence-corrected chi connectivity index (χ4v) is 2.60. The van der Waals surface area contributed by atoms with Crippen LogP contribution in [0.25, 0.3) is 0 Å². The first-order valence-electron chi connectivity index (χ1n) is 6.84. The van der Waals surface area contributed by atoms with E-state index < -0.39 is 17.8 Å². The molecule has 3 amide bonds. The van der Waals surface area contributed by atoms with Gasteiger partial charge in [0.25, 0.3) is 5.91 Å². The third-order valence-corrected chi connectivity index (χ3v) is 3.70. The zero-order chi connectivity index (χ0) is 15.6. The first-order valence-corrected chi connectivity index (χ1v) is 6.84. The Labute approximate surface area is 122 Å². The predicted octanol–water partition coefficient (Wildman–Crippen LogP) is 1.53. The van der Waals surface area contributed by atoms with Gasteiger partial charge < -0.3 is 4.90 Å². The normalized spacial score (nSPS) is 14.8. The molecule has 0 aromatic heterocycles. The summed E-state index contributed by atoms with van der Waals surface area (Å²) in [6, 6.07) is 2.37. The highest BCUT2D eigenvalue weighted by Crippen LogP contribution is 2.29. The molecule has 2 rings (SSSR count). The second kappa shape index (κ2) is 6.03. The summed E-state index contributed by atoms with van der Waals surface area (Å²) in [5.74, 6) is -1.32. The first-order chi connectivity index (χ1) is 10.0. The summed E-state index contributed by atoms with van der Waals surface area (Å²) in [5.41, 5.74) is 1.07. The molecule has 5 nitrogen and oxygen atoms in total. The van der Waals surface area contributed by atoms with Crippen molar-refractivity contribution in [1.29, 1.82) is 0 Å². The molecule has 112 valence electrons. The highest BCUT2D eigenvalue weighted by atomic mass is 19.1. The number of rotatable bonds is 5. The van der Waals surface area contributed by atoms with Crippen LogP contribution in [0.4, 0.5) is 4.39 Å². The maximum absolute atomic E-state index is 14.1. The van der Waals surface area contributed by atoms with Crippen molar-refractivity contribution < 1.29 is 18.8 Å². The third kappa shape index (κ3) is 2.66. The van der Waals surface area contributed by atoms with E-state index in [1.165, 1.54) is 4.90 Å². The Morgan fingerprint density at radius 2 is 2.24 bits per heavy atom. The van der Waals surface area contributed by atoms with Crippen LogP contribution < -0.4 is 5.32 Å². The van der Waals surface area contributed by atoms with E-state index in [2.05, 4.69) is 5.32 Å². The lowest BCUT2D eigenvalue weighted by Gasteiger charge is -2.25. The lowest BCUT2D eigenvalue weighted by molar-refractivity contribution is -0.129. The Balaban J connectivity index is 2.33. The van der Waals surface area contributed by atoms with Gasteiger partial charge in [0.15, 0.2) is 0 Å². The lowest BCUT2D eigenvalue weighted by Crippen LogP contribution is -2.46. The summed E-state index contributed by atoms with van der Waals surface area (Å²) in [6.07, 6.45) is 1.38. The van der Waals surface area contributed by atoms with Crippen molar-refractivity contribution in [3.63, 3.8) is 0 Å². The molecule has 1 aromatic carbocycles. The van der Waals surface area contributed by atoms with E-state index in [1.807, 2.05) is 6.92 Å². The zero-order valence-electron chi connectivity index (χ0n) is 12.0. The molecule has 0 aliphatic carbocycles. The Hall–Kier alpha value is -2.24. The van der Waals surface area contributed by atoms with E-state index in [0.717, 1.165) is 0 Å². The quantitative estimate of drug-likeness (QED) is 0.837. The number of hydrogen-bond acceptors (Lipinski definition) is 3. The molecule has 1 aromatic rings. The SMILES string of the molecule is CCCC(C(=O)NC=O)N1Cc2c(ccc(C)c2F)C1=O. The van der Waals surface area contributed by atoms with Crippen LogP contribution in [0.2, 0.25) is 0 Å². The molecule has 0 fully saturated rings. The van der Waals surface area contributed by atoms with E-state index in [4.69, 9.17) is 0 Å². The second-order valence-corrected chi connectivity index (χ2v) is 5.09. The molecule has 6 heteroatoms. The Morgan fingerprint density at radius 3 is 2.86 bits per heavy atom. The topological polar surface area (TPSA) is 66.5 Å². The van der Waals surface area contributed by atoms with Gasteiger partial charge in [0.2, 0.25) is 12.3 Å². The van der Waals surface area contributed by atoms with Gasteiger partial charge in [-0.2, -0.15) is 0 Å². The molecule has 0 radical (unpaired) electrons. The van der Waals surface area contributed by atoms with Gasteiger partial charge in [0.05, 0.1) is 6.54 Å². The van der Waals surface area contributed by atoms with Crippen LogP contribution in [0.1, 0.15) is 41.3 Å². The number of nitrogens with one attached hydrogen (secondary N) is 1. The molecule has 1 atom stereocenters. The average molecular weight is 292 g/mol. The van der Waals surface area contributed by atoms with Crippen LogP contribution in [0, 0.1) is 12.7 Å². The number of nitrogens with zero attached hydrogens (tertiary/aromatic N) is 1. The maximum atomic E-state index is 14.1. The standard InChI is InChI=1S/C15H17FN2O3/c1-3-4-12(14(20)17-8-19)18-7-11-10(15(18)21)6-5-9(2)13(11)16/h5-6,8,12H,3-4,7H2,1-2H3,(H,17,19,20). The molecule has 21 heavy (non-hydrogen) atoms. The van der Waals surface area contributed by atoms with Crippen molar-refractivity contribution in [2.24, 2.45) is 0 Å². The number of carbonyl (C=O) groups excluding carboxylic acids is 3. The van der Waals surface area contributed by atoms with Crippen LogP contribution in [0.5, 0.6) is 0 Å². The van der Waals surface area contributed by atoms with Crippen molar-refractivity contribution in [2.45, 2.75) is 39.3 Å². The minimum Gasteiger partial charge on any atom is -0.322 e. The number of halogens is 1. The van der Waals surface area contributed by atoms with Crippen molar-refractivity contribution in [3.8, 4) is 0 Å². The van der Waals surface area contributed by atoms with Crippen LogP contribution >= 0.6 is 0 Å². The number of fused-ring (bicyclic) bond motifs is 1. The summed E-state index contributed by atoms with van der Waals surface area (Å²) < 4.78 is 14.1. The summed E-state index contributed by atoms with van der Waals surface area (Å²) in [7, 11) is 0. The van der Waals surface area contributed by atoms with Crippen molar-refractivity contribution in [1.82, 2.24) is 10.2 Å². The smallest absolute Gasteiger partial charge is 0.255 e. The van der Waals surface area contributed by atoms with Crippen molar-refractivity contribution in [2.75, 3.05) is 0 Å². The van der Waals surface area contributed by atoms with E-state index in [9.17, 15) is 18.8 Å². The monoisotopic (exact) mass is 292 g/mol. The summed E-state index contributed by atoms with van der Waals surface area (Å²) in [4.78, 5) is 36.1. The van der Waals surface area contributed by atoms with Gasteiger partial charge in [-0.3, -0.25) is 19.7 Å². The number of imide groups is 1. The van der Waals surface area contributed by atoms with Crippen LogP contribution in [0.15, 0.2) is 12.1 Å². The van der Waals surface area contributed by atoms with E-state index in [0.29, 0.717) is 30.4 Å². The van der Waals surface area contributed by atoms with Gasteiger partial charge in [0, 0.05) is 11.1 Å². The maximum Gasteiger partial charge on any atom is 0.255 e. The molecule has 0 saturated heterocycles. The minimum absolute atomic E-state index is 0.0542. The number of amides is 3. The molecular formula is C15H17FN2O3. The fraction of sp³-hybridized carbons (Fsp3) is 0.400. The predicted molar refractivity (Wildman–Crippen MR) is 73.9 cm³/mol. The van der Waals surface area contributed by atoms with Gasteiger partial charge in [-0.1, -0.05) is 19.4 Å². The Morgan fingerprint density at radius 1 is 1.52 bits per heavy atom. The fourth-order valence-electron chi connectivity index (χ4n) is 2.60. The number of carbonyl (C=O) groups is 3. The average Bonchev–Trinajstić information content (AvgIpc) is 2.78. The highest BCUT2D eigenvalue weighted by molar-refractivity contribution is 6.02. The molecule has 1 aliphatic rings. The van der Waals surface area contributed by atoms with Gasteiger partial charge in [-0.25, -0.2) is 4.39 Å². The molecule has 1 heterocycles. The third-order valence-electron chi connectivity index (χ3n) is 3.70. The summed E-state index contributed by atoms with van der Waals surface area (Å²) in [6.45, 7) is 3.56. The number of benzene rings is 1. The van der Waals surface area contributed by atoms with E-state index >= 15 is 0 Å². The summed E-state index contributed by atoms with van der Waals surface area (Å²) in [5, 5.41) is 2.07. The summed E-state index contributed by atoms with van der Waals surface area (Å²) >= 11 is 0. The van der Waals surface area contributed by atoms with Gasteiger partial charge in [-0.05, 0) is 25.0 Å². The molecule has 0 spiro atoms. The zero-order valence-corrected chi connectivity index (χ0v) is 12.0. The highest BCUT2D eigenvalue weighted by Gasteiger charge is 2.37. The first kappa shape index (κ1) is 15.2. The van der Waals surface area contributed by atoms with Crippen LogP contribution in [-0.2, 0) is 16.1 Å². The number of hydrogen-bond donors (Lipinski definition) is 1. The minimum atomic E-state index is -0.764. The van der Waals surface area contributed by atoms with E-state index in [-0.39, 0.29) is 18.0 Å². The van der Waals surface area contributed by atoms with Crippen molar-refractivity contribution >= 4 is 18.2 Å².